The Morgan fingerprint density at radius 3 is 2.48 bits per heavy atom. The molecule has 0 atom stereocenters. The van der Waals surface area contributed by atoms with Crippen molar-refractivity contribution in [2.45, 2.75) is 0 Å². The highest BCUT2D eigenvalue weighted by atomic mass is 16.6. The molecular formula is C15H10N2O4. The maximum absolute atomic E-state index is 11.8. The molecule has 0 spiro atoms. The molecule has 6 heteroatoms. The number of carbonyl (C=O) groups is 3. The molecule has 1 aliphatic rings. The Bertz CT molecular complexity index is 741. The van der Waals surface area contributed by atoms with E-state index in [2.05, 4.69) is 10.6 Å². The molecule has 2 aromatic rings. The third-order valence-electron chi connectivity index (χ3n) is 2.95. The normalized spacial score (nSPS) is 12.6. The van der Waals surface area contributed by atoms with Crippen molar-refractivity contribution in [3.05, 3.63) is 59.7 Å². The summed E-state index contributed by atoms with van der Waals surface area (Å²) in [6.07, 6.45) is -0.734. The van der Waals surface area contributed by atoms with Gasteiger partial charge in [-0.25, -0.2) is 4.79 Å². The Kier molecular flexibility index (Phi) is 3.12. The van der Waals surface area contributed by atoms with Crippen LogP contribution in [0.3, 0.4) is 0 Å². The fourth-order valence-electron chi connectivity index (χ4n) is 2.05. The minimum atomic E-state index is -0.734. The van der Waals surface area contributed by atoms with E-state index >= 15 is 0 Å². The summed E-state index contributed by atoms with van der Waals surface area (Å²) in [6.45, 7) is 0. The van der Waals surface area contributed by atoms with Crippen LogP contribution in [0.15, 0.2) is 48.5 Å². The van der Waals surface area contributed by atoms with Crippen LogP contribution in [0.2, 0.25) is 0 Å². The van der Waals surface area contributed by atoms with Gasteiger partial charge < -0.3 is 4.74 Å². The smallest absolute Gasteiger partial charge is 0.410 e. The summed E-state index contributed by atoms with van der Waals surface area (Å²) >= 11 is 0. The van der Waals surface area contributed by atoms with Crippen LogP contribution in [0, 0.1) is 0 Å². The highest BCUT2D eigenvalue weighted by molar-refractivity contribution is 6.24. The van der Waals surface area contributed by atoms with E-state index in [4.69, 9.17) is 4.74 Å². The van der Waals surface area contributed by atoms with E-state index in [1.54, 1.807) is 36.4 Å². The topological polar surface area (TPSA) is 84.5 Å². The first kappa shape index (κ1) is 12.9. The van der Waals surface area contributed by atoms with Crippen LogP contribution in [0.25, 0.3) is 0 Å². The van der Waals surface area contributed by atoms with Gasteiger partial charge in [0.1, 0.15) is 5.75 Å². The molecular weight excluding hydrogens is 272 g/mol. The lowest BCUT2D eigenvalue weighted by Gasteiger charge is -2.08. The van der Waals surface area contributed by atoms with Gasteiger partial charge in [0.15, 0.2) is 0 Å². The van der Waals surface area contributed by atoms with Gasteiger partial charge in [-0.05, 0) is 24.3 Å². The van der Waals surface area contributed by atoms with Gasteiger partial charge in [-0.15, -0.1) is 0 Å². The number of fused-ring (bicyclic) bond motifs is 1. The molecule has 0 bridgehead atoms. The molecule has 3 amide bonds. The molecule has 0 aliphatic carbocycles. The Balaban J connectivity index is 1.82. The lowest BCUT2D eigenvalue weighted by atomic mass is 10.1. The second-order valence-electron chi connectivity index (χ2n) is 4.34. The molecule has 0 saturated carbocycles. The zero-order valence-corrected chi connectivity index (χ0v) is 10.8. The van der Waals surface area contributed by atoms with Crippen LogP contribution in [-0.4, -0.2) is 17.9 Å². The molecule has 2 aromatic carbocycles. The largest absolute Gasteiger partial charge is 0.417 e. The van der Waals surface area contributed by atoms with Crippen molar-refractivity contribution in [2.24, 2.45) is 0 Å². The number of carbonyl (C=O) groups excluding carboxylic acids is 3. The van der Waals surface area contributed by atoms with Gasteiger partial charge in [0.05, 0.1) is 16.8 Å². The molecule has 2 N–H and O–H groups in total. The molecule has 6 nitrogen and oxygen atoms in total. The highest BCUT2D eigenvalue weighted by Crippen LogP contribution is 2.24. The third kappa shape index (κ3) is 2.46. The fourth-order valence-corrected chi connectivity index (χ4v) is 2.05. The van der Waals surface area contributed by atoms with Crippen LogP contribution in [0.1, 0.15) is 20.7 Å². The summed E-state index contributed by atoms with van der Waals surface area (Å²) in [6, 6.07) is 13.1. The summed E-state index contributed by atoms with van der Waals surface area (Å²) in [5.74, 6) is -0.635. The molecule has 0 aromatic heterocycles. The van der Waals surface area contributed by atoms with Gasteiger partial charge >= 0.3 is 6.09 Å². The first-order valence-electron chi connectivity index (χ1n) is 6.18. The van der Waals surface area contributed by atoms with E-state index in [1.165, 1.54) is 12.1 Å². The maximum Gasteiger partial charge on any atom is 0.417 e. The van der Waals surface area contributed by atoms with Crippen LogP contribution in [-0.2, 0) is 0 Å². The van der Waals surface area contributed by atoms with Crippen molar-refractivity contribution in [3.8, 4) is 5.75 Å². The summed E-state index contributed by atoms with van der Waals surface area (Å²) < 4.78 is 5.07. The van der Waals surface area contributed by atoms with Crippen LogP contribution < -0.4 is 15.4 Å². The second kappa shape index (κ2) is 5.09. The zero-order valence-electron chi connectivity index (χ0n) is 10.8. The standard InChI is InChI=1S/C15H10N2O4/c18-13-10-7-4-8-11(12(10)14(19)17-13)16-15(20)21-9-5-2-1-3-6-9/h1-8H,(H,16,20)(H,17,18,19). The van der Waals surface area contributed by atoms with E-state index < -0.39 is 17.9 Å². The molecule has 1 heterocycles. The summed E-state index contributed by atoms with van der Waals surface area (Å²) in [4.78, 5) is 35.1. The van der Waals surface area contributed by atoms with Gasteiger partial charge in [0.25, 0.3) is 11.8 Å². The molecule has 21 heavy (non-hydrogen) atoms. The number of imide groups is 1. The van der Waals surface area contributed by atoms with Crippen LogP contribution >= 0.6 is 0 Å². The summed E-state index contributed by atoms with van der Waals surface area (Å²) in [5, 5.41) is 4.64. The monoisotopic (exact) mass is 282 g/mol. The predicted octanol–water partition coefficient (Wildman–Crippen LogP) is 2.18. The first-order valence-corrected chi connectivity index (χ1v) is 6.18. The number of rotatable bonds is 2. The minimum Gasteiger partial charge on any atom is -0.410 e. The Labute approximate surface area is 119 Å². The van der Waals surface area contributed by atoms with Gasteiger partial charge in [-0.2, -0.15) is 0 Å². The van der Waals surface area contributed by atoms with Crippen molar-refractivity contribution < 1.29 is 19.1 Å². The van der Waals surface area contributed by atoms with E-state index in [-0.39, 0.29) is 16.8 Å². The van der Waals surface area contributed by atoms with Gasteiger partial charge in [-0.1, -0.05) is 24.3 Å². The van der Waals surface area contributed by atoms with E-state index in [1.807, 2.05) is 0 Å². The summed E-state index contributed by atoms with van der Waals surface area (Å²) in [5.41, 5.74) is 0.613. The van der Waals surface area contributed by atoms with Crippen LogP contribution in [0.4, 0.5) is 10.5 Å². The first-order chi connectivity index (χ1) is 10.1. The summed E-state index contributed by atoms with van der Waals surface area (Å²) in [7, 11) is 0. The Morgan fingerprint density at radius 1 is 0.952 bits per heavy atom. The number of amides is 3. The maximum atomic E-state index is 11.8. The third-order valence-corrected chi connectivity index (χ3v) is 2.95. The number of hydrogen-bond acceptors (Lipinski definition) is 4. The molecule has 3 rings (SSSR count). The Morgan fingerprint density at radius 2 is 1.71 bits per heavy atom. The zero-order chi connectivity index (χ0) is 14.8. The molecule has 0 saturated heterocycles. The number of benzene rings is 2. The highest BCUT2D eigenvalue weighted by Gasteiger charge is 2.29. The number of hydrogen-bond donors (Lipinski definition) is 2. The van der Waals surface area contributed by atoms with E-state index in [0.29, 0.717) is 5.75 Å². The number of para-hydroxylation sites is 1. The van der Waals surface area contributed by atoms with Crippen LogP contribution in [0.5, 0.6) is 5.75 Å². The molecule has 0 radical (unpaired) electrons. The number of nitrogens with one attached hydrogen (secondary N) is 2. The van der Waals surface area contributed by atoms with Crippen molar-refractivity contribution in [1.29, 1.82) is 0 Å². The predicted molar refractivity (Wildman–Crippen MR) is 74.3 cm³/mol. The molecule has 104 valence electrons. The van der Waals surface area contributed by atoms with Crippen molar-refractivity contribution in [1.82, 2.24) is 5.32 Å². The van der Waals surface area contributed by atoms with Gasteiger partial charge in [0.2, 0.25) is 0 Å². The SMILES string of the molecule is O=C(Nc1cccc2c1C(=O)NC2=O)Oc1ccccc1. The van der Waals surface area contributed by atoms with Crippen molar-refractivity contribution >= 4 is 23.6 Å². The lowest BCUT2D eigenvalue weighted by Crippen LogP contribution is -2.21. The lowest BCUT2D eigenvalue weighted by molar-refractivity contribution is 0.0880. The van der Waals surface area contributed by atoms with Gasteiger partial charge in [0, 0.05) is 0 Å². The average molecular weight is 282 g/mol. The molecule has 1 aliphatic heterocycles. The number of anilines is 1. The second-order valence-corrected chi connectivity index (χ2v) is 4.34. The molecule has 0 fully saturated rings. The van der Waals surface area contributed by atoms with Gasteiger partial charge in [-0.3, -0.25) is 20.2 Å². The van der Waals surface area contributed by atoms with Crippen molar-refractivity contribution in [2.75, 3.05) is 5.32 Å². The van der Waals surface area contributed by atoms with E-state index in [0.717, 1.165) is 0 Å². The number of ether oxygens (including phenoxy) is 1. The van der Waals surface area contributed by atoms with E-state index in [9.17, 15) is 14.4 Å². The quantitative estimate of drug-likeness (QED) is 0.827. The fraction of sp³-hybridized carbons (Fsp3) is 0. The molecule has 0 unspecified atom stereocenters. The average Bonchev–Trinajstić information content (AvgIpc) is 2.76. The Hall–Kier alpha value is -3.15. The van der Waals surface area contributed by atoms with Crippen molar-refractivity contribution in [3.63, 3.8) is 0 Å². The minimum absolute atomic E-state index is 0.146.